The zero-order valence-electron chi connectivity index (χ0n) is 9.46. The summed E-state index contributed by atoms with van der Waals surface area (Å²) in [6.45, 7) is 0. The number of amides is 1. The number of nitrogens with one attached hydrogen (secondary N) is 2. The molecular formula is C10H9BrN6O2. The Hall–Kier alpha value is -2.42. The predicted octanol–water partition coefficient (Wildman–Crippen LogP) is 0.914. The monoisotopic (exact) mass is 324 g/mol. The molecule has 0 aliphatic carbocycles. The molecular weight excluding hydrogens is 316 g/mol. The minimum Gasteiger partial charge on any atom is -0.409 e. The molecule has 1 aromatic heterocycles. The van der Waals surface area contributed by atoms with Crippen molar-refractivity contribution in [3.8, 4) is 0 Å². The molecule has 9 heteroatoms. The highest BCUT2D eigenvalue weighted by atomic mass is 79.9. The lowest BCUT2D eigenvalue weighted by atomic mass is 10.1. The van der Waals surface area contributed by atoms with Crippen molar-refractivity contribution in [2.24, 2.45) is 10.9 Å². The molecule has 0 saturated carbocycles. The van der Waals surface area contributed by atoms with Gasteiger partial charge in [0.05, 0.1) is 11.9 Å². The standard InChI is InChI=1S/C10H9BrN6O2/c11-5-1-2-7(6(3-5)9(12)16-19)14-10(18)8-4-13-17-15-8/h1-4,19H,(H2,12,16)(H,14,18)(H,13,15,17). The predicted molar refractivity (Wildman–Crippen MR) is 71.0 cm³/mol. The summed E-state index contributed by atoms with van der Waals surface area (Å²) in [4.78, 5) is 11.8. The zero-order valence-corrected chi connectivity index (χ0v) is 11.0. The van der Waals surface area contributed by atoms with E-state index in [9.17, 15) is 4.79 Å². The van der Waals surface area contributed by atoms with Gasteiger partial charge in [-0.2, -0.15) is 15.4 Å². The molecule has 1 heterocycles. The fraction of sp³-hybridized carbons (Fsp3) is 0. The Kier molecular flexibility index (Phi) is 3.76. The van der Waals surface area contributed by atoms with Gasteiger partial charge in [0.1, 0.15) is 0 Å². The number of carbonyl (C=O) groups excluding carboxylic acids is 1. The number of H-pyrrole nitrogens is 1. The molecule has 1 aromatic carbocycles. The van der Waals surface area contributed by atoms with Crippen LogP contribution in [0.2, 0.25) is 0 Å². The molecule has 0 atom stereocenters. The molecule has 0 radical (unpaired) electrons. The Morgan fingerprint density at radius 1 is 1.53 bits per heavy atom. The van der Waals surface area contributed by atoms with Crippen LogP contribution in [0.3, 0.4) is 0 Å². The van der Waals surface area contributed by atoms with Crippen molar-refractivity contribution < 1.29 is 10.0 Å². The number of aromatic nitrogens is 3. The van der Waals surface area contributed by atoms with Crippen molar-refractivity contribution in [3.05, 3.63) is 40.1 Å². The van der Waals surface area contributed by atoms with Crippen LogP contribution in [-0.4, -0.2) is 32.4 Å². The number of aromatic amines is 1. The smallest absolute Gasteiger partial charge is 0.277 e. The van der Waals surface area contributed by atoms with Gasteiger partial charge in [-0.25, -0.2) is 0 Å². The maximum atomic E-state index is 11.8. The Labute approximate surface area is 115 Å². The molecule has 0 spiro atoms. The highest BCUT2D eigenvalue weighted by Gasteiger charge is 2.13. The highest BCUT2D eigenvalue weighted by Crippen LogP contribution is 2.21. The minimum atomic E-state index is -0.455. The van der Waals surface area contributed by atoms with Gasteiger partial charge in [0.25, 0.3) is 5.91 Å². The zero-order chi connectivity index (χ0) is 13.8. The van der Waals surface area contributed by atoms with Crippen molar-refractivity contribution in [2.45, 2.75) is 0 Å². The van der Waals surface area contributed by atoms with Crippen molar-refractivity contribution in [3.63, 3.8) is 0 Å². The first kappa shape index (κ1) is 13.0. The van der Waals surface area contributed by atoms with E-state index in [1.807, 2.05) is 0 Å². The minimum absolute atomic E-state index is 0.114. The number of hydrogen-bond acceptors (Lipinski definition) is 5. The van der Waals surface area contributed by atoms with Gasteiger partial charge in [-0.1, -0.05) is 21.1 Å². The summed E-state index contributed by atoms with van der Waals surface area (Å²) in [5, 5.41) is 23.8. The number of halogens is 1. The second-order valence-electron chi connectivity index (χ2n) is 3.48. The fourth-order valence-electron chi connectivity index (χ4n) is 1.39. The average Bonchev–Trinajstić information content (AvgIpc) is 2.94. The average molecular weight is 325 g/mol. The molecule has 0 saturated heterocycles. The summed E-state index contributed by atoms with van der Waals surface area (Å²) in [5.41, 5.74) is 6.46. The third-order valence-corrected chi connectivity index (χ3v) is 2.75. The van der Waals surface area contributed by atoms with Crippen molar-refractivity contribution in [2.75, 3.05) is 5.32 Å². The van der Waals surface area contributed by atoms with Crippen LogP contribution in [0.15, 0.2) is 34.0 Å². The van der Waals surface area contributed by atoms with Crippen molar-refractivity contribution in [1.82, 2.24) is 15.4 Å². The molecule has 0 unspecified atom stereocenters. The number of nitrogens with zero attached hydrogens (tertiary/aromatic N) is 3. The molecule has 98 valence electrons. The van der Waals surface area contributed by atoms with Gasteiger partial charge in [-0.05, 0) is 18.2 Å². The summed E-state index contributed by atoms with van der Waals surface area (Å²) in [5.74, 6) is -0.570. The third kappa shape index (κ3) is 2.88. The molecule has 2 aromatic rings. The lowest BCUT2D eigenvalue weighted by Gasteiger charge is -2.09. The van der Waals surface area contributed by atoms with Crippen LogP contribution in [0.25, 0.3) is 0 Å². The number of anilines is 1. The first-order valence-corrected chi connectivity index (χ1v) is 5.85. The van der Waals surface area contributed by atoms with Gasteiger partial charge >= 0.3 is 0 Å². The lowest BCUT2D eigenvalue weighted by molar-refractivity contribution is 0.102. The number of carbonyl (C=O) groups is 1. The van der Waals surface area contributed by atoms with Crippen LogP contribution in [0, 0.1) is 0 Å². The molecule has 0 aliphatic heterocycles. The van der Waals surface area contributed by atoms with Gasteiger partial charge in [-0.3, -0.25) is 4.79 Å². The molecule has 0 bridgehead atoms. The van der Waals surface area contributed by atoms with Gasteiger partial charge in [0, 0.05) is 10.0 Å². The molecule has 5 N–H and O–H groups in total. The summed E-state index contributed by atoms with van der Waals surface area (Å²) < 4.78 is 0.730. The Morgan fingerprint density at radius 3 is 2.95 bits per heavy atom. The first-order chi connectivity index (χ1) is 9.11. The first-order valence-electron chi connectivity index (χ1n) is 5.06. The molecule has 19 heavy (non-hydrogen) atoms. The van der Waals surface area contributed by atoms with Crippen molar-refractivity contribution >= 4 is 33.4 Å². The van der Waals surface area contributed by atoms with E-state index in [0.29, 0.717) is 11.3 Å². The maximum absolute atomic E-state index is 11.8. The lowest BCUT2D eigenvalue weighted by Crippen LogP contribution is -2.19. The van der Waals surface area contributed by atoms with Crippen LogP contribution in [-0.2, 0) is 0 Å². The van der Waals surface area contributed by atoms with E-state index in [2.05, 4.69) is 41.8 Å². The number of benzene rings is 1. The molecule has 1 amide bonds. The van der Waals surface area contributed by atoms with Gasteiger partial charge < -0.3 is 16.3 Å². The SMILES string of the molecule is N/C(=N/O)c1cc(Br)ccc1NC(=O)c1cn[nH]n1. The maximum Gasteiger partial charge on any atom is 0.277 e. The summed E-state index contributed by atoms with van der Waals surface area (Å²) in [6.07, 6.45) is 1.29. The van der Waals surface area contributed by atoms with Crippen LogP contribution >= 0.6 is 15.9 Å². The molecule has 2 rings (SSSR count). The number of rotatable bonds is 3. The second kappa shape index (κ2) is 5.48. The largest absolute Gasteiger partial charge is 0.409 e. The van der Waals surface area contributed by atoms with E-state index in [4.69, 9.17) is 10.9 Å². The van der Waals surface area contributed by atoms with E-state index < -0.39 is 5.91 Å². The Bertz CT molecular complexity index is 625. The van der Waals surface area contributed by atoms with E-state index in [1.54, 1.807) is 18.2 Å². The molecule has 8 nitrogen and oxygen atoms in total. The normalized spacial score (nSPS) is 11.3. The Balaban J connectivity index is 2.32. The van der Waals surface area contributed by atoms with Gasteiger partial charge in [-0.15, -0.1) is 0 Å². The highest BCUT2D eigenvalue weighted by molar-refractivity contribution is 9.10. The van der Waals surface area contributed by atoms with Gasteiger partial charge in [0.15, 0.2) is 11.5 Å². The summed E-state index contributed by atoms with van der Waals surface area (Å²) in [6, 6.07) is 4.95. The Morgan fingerprint density at radius 2 is 2.32 bits per heavy atom. The topological polar surface area (TPSA) is 129 Å². The second-order valence-corrected chi connectivity index (χ2v) is 4.40. The molecule has 0 aliphatic rings. The summed E-state index contributed by atoms with van der Waals surface area (Å²) >= 11 is 3.27. The van der Waals surface area contributed by atoms with E-state index in [1.165, 1.54) is 6.20 Å². The number of nitrogens with two attached hydrogens (primary N) is 1. The van der Waals surface area contributed by atoms with E-state index >= 15 is 0 Å². The van der Waals surface area contributed by atoms with Crippen molar-refractivity contribution in [1.29, 1.82) is 0 Å². The molecule has 0 fully saturated rings. The third-order valence-electron chi connectivity index (χ3n) is 2.26. The number of amidine groups is 1. The van der Waals surface area contributed by atoms with Crippen LogP contribution in [0.4, 0.5) is 5.69 Å². The number of hydrogen-bond donors (Lipinski definition) is 4. The quantitative estimate of drug-likeness (QED) is 0.288. The van der Waals surface area contributed by atoms with E-state index in [0.717, 1.165) is 4.47 Å². The number of oxime groups is 1. The van der Waals surface area contributed by atoms with Crippen LogP contribution < -0.4 is 11.1 Å². The van der Waals surface area contributed by atoms with Gasteiger partial charge in [0.2, 0.25) is 0 Å². The van der Waals surface area contributed by atoms with Crippen LogP contribution in [0.1, 0.15) is 16.1 Å². The van der Waals surface area contributed by atoms with Crippen LogP contribution in [0.5, 0.6) is 0 Å². The van der Waals surface area contributed by atoms with E-state index in [-0.39, 0.29) is 11.5 Å². The fourth-order valence-corrected chi connectivity index (χ4v) is 1.75. The summed E-state index contributed by atoms with van der Waals surface area (Å²) in [7, 11) is 0.